The van der Waals surface area contributed by atoms with Crippen molar-refractivity contribution in [1.29, 1.82) is 0 Å². The van der Waals surface area contributed by atoms with E-state index >= 15 is 0 Å². The highest BCUT2D eigenvalue weighted by Gasteiger charge is 2.38. The SMILES string of the molecule is CC(C)(C)[Si](C)(C)OCC1CC(Cl)C1. The molecule has 1 rings (SSSR count). The standard InChI is InChI=1S/C11H23ClOSi/c1-11(2,3)14(4,5)13-8-9-6-10(12)7-9/h9-10H,6-8H2,1-5H3. The molecule has 0 unspecified atom stereocenters. The van der Waals surface area contributed by atoms with Crippen molar-refractivity contribution in [1.82, 2.24) is 0 Å². The van der Waals surface area contributed by atoms with Gasteiger partial charge in [0.2, 0.25) is 0 Å². The Hall–Kier alpha value is 0.467. The first-order valence-corrected chi connectivity index (χ1v) is 8.85. The van der Waals surface area contributed by atoms with Crippen LogP contribution in [0.4, 0.5) is 0 Å². The highest BCUT2D eigenvalue weighted by atomic mass is 35.5. The molecule has 1 saturated carbocycles. The molecule has 0 aromatic heterocycles. The van der Waals surface area contributed by atoms with Gasteiger partial charge >= 0.3 is 0 Å². The van der Waals surface area contributed by atoms with Crippen LogP contribution in [0.3, 0.4) is 0 Å². The topological polar surface area (TPSA) is 9.23 Å². The summed E-state index contributed by atoms with van der Waals surface area (Å²) >= 11 is 5.94. The van der Waals surface area contributed by atoms with Gasteiger partial charge in [-0.3, -0.25) is 0 Å². The van der Waals surface area contributed by atoms with Crippen LogP contribution >= 0.6 is 11.6 Å². The molecular formula is C11H23ClOSi. The molecule has 0 amide bonds. The number of halogens is 1. The predicted octanol–water partition coefficient (Wildman–Crippen LogP) is 4.03. The van der Waals surface area contributed by atoms with E-state index in [1.165, 1.54) is 0 Å². The lowest BCUT2D eigenvalue weighted by Crippen LogP contribution is -2.43. The lowest BCUT2D eigenvalue weighted by Gasteiger charge is -2.39. The van der Waals surface area contributed by atoms with Crippen molar-refractivity contribution in [3.05, 3.63) is 0 Å². The molecule has 0 saturated heterocycles. The Morgan fingerprint density at radius 3 is 2.14 bits per heavy atom. The minimum absolute atomic E-state index is 0.330. The van der Waals surface area contributed by atoms with Gasteiger partial charge in [0, 0.05) is 12.0 Å². The quantitative estimate of drug-likeness (QED) is 0.529. The molecule has 0 spiro atoms. The fourth-order valence-electron chi connectivity index (χ4n) is 1.33. The lowest BCUT2D eigenvalue weighted by molar-refractivity contribution is 0.170. The van der Waals surface area contributed by atoms with Crippen LogP contribution < -0.4 is 0 Å². The van der Waals surface area contributed by atoms with Crippen LogP contribution in [-0.4, -0.2) is 20.3 Å². The number of hydrogen-bond acceptors (Lipinski definition) is 1. The van der Waals surface area contributed by atoms with Gasteiger partial charge in [0.15, 0.2) is 8.32 Å². The van der Waals surface area contributed by atoms with Gasteiger partial charge in [-0.1, -0.05) is 20.8 Å². The van der Waals surface area contributed by atoms with E-state index in [4.69, 9.17) is 16.0 Å². The second-order valence-corrected chi connectivity index (χ2v) is 11.4. The van der Waals surface area contributed by atoms with Gasteiger partial charge in [-0.05, 0) is 36.9 Å². The van der Waals surface area contributed by atoms with Gasteiger partial charge in [-0.25, -0.2) is 0 Å². The van der Waals surface area contributed by atoms with Gasteiger partial charge in [0.05, 0.1) is 0 Å². The van der Waals surface area contributed by atoms with Crippen molar-refractivity contribution in [3.8, 4) is 0 Å². The predicted molar refractivity (Wildman–Crippen MR) is 65.5 cm³/mol. The van der Waals surface area contributed by atoms with E-state index in [2.05, 4.69) is 33.9 Å². The maximum Gasteiger partial charge on any atom is 0.191 e. The Morgan fingerprint density at radius 1 is 1.29 bits per heavy atom. The fraction of sp³-hybridized carbons (Fsp3) is 1.00. The molecule has 3 heteroatoms. The van der Waals surface area contributed by atoms with Crippen LogP contribution in [-0.2, 0) is 4.43 Å². The second-order valence-electron chi connectivity index (χ2n) is 6.01. The van der Waals surface area contributed by atoms with E-state index in [9.17, 15) is 0 Å². The normalized spacial score (nSPS) is 28.7. The third-order valence-electron chi connectivity index (χ3n) is 3.66. The molecule has 1 aliphatic rings. The summed E-state index contributed by atoms with van der Waals surface area (Å²) in [5, 5.41) is 0.750. The van der Waals surface area contributed by atoms with Crippen LogP contribution in [0, 0.1) is 5.92 Å². The molecule has 0 N–H and O–H groups in total. The molecule has 0 aromatic rings. The van der Waals surface area contributed by atoms with Gasteiger partial charge in [0.25, 0.3) is 0 Å². The maximum atomic E-state index is 6.13. The van der Waals surface area contributed by atoms with E-state index < -0.39 is 8.32 Å². The first-order valence-electron chi connectivity index (χ1n) is 5.50. The fourth-order valence-corrected chi connectivity index (χ4v) is 2.92. The third kappa shape index (κ3) is 2.98. The third-order valence-corrected chi connectivity index (χ3v) is 8.52. The van der Waals surface area contributed by atoms with Crippen LogP contribution in [0.2, 0.25) is 18.1 Å². The molecule has 0 atom stereocenters. The summed E-state index contributed by atoms with van der Waals surface area (Å²) in [6, 6.07) is 0. The van der Waals surface area contributed by atoms with Crippen molar-refractivity contribution >= 4 is 19.9 Å². The summed E-state index contributed by atoms with van der Waals surface area (Å²) in [6.45, 7) is 12.4. The number of alkyl halides is 1. The summed E-state index contributed by atoms with van der Waals surface area (Å²) in [4.78, 5) is 0. The van der Waals surface area contributed by atoms with Crippen molar-refractivity contribution in [2.24, 2.45) is 5.92 Å². The van der Waals surface area contributed by atoms with Gasteiger partial charge in [-0.15, -0.1) is 11.6 Å². The van der Waals surface area contributed by atoms with Crippen molar-refractivity contribution in [3.63, 3.8) is 0 Å². The van der Waals surface area contributed by atoms with Crippen molar-refractivity contribution in [2.75, 3.05) is 6.61 Å². The first kappa shape index (κ1) is 12.5. The Balaban J connectivity index is 2.30. The van der Waals surface area contributed by atoms with Crippen molar-refractivity contribution in [2.45, 2.75) is 57.1 Å². The summed E-state index contributed by atoms with van der Waals surface area (Å²) < 4.78 is 6.13. The molecule has 14 heavy (non-hydrogen) atoms. The zero-order valence-electron chi connectivity index (χ0n) is 10.1. The Labute approximate surface area is 94.3 Å². The lowest BCUT2D eigenvalue weighted by atomic mass is 9.86. The van der Waals surface area contributed by atoms with Gasteiger partial charge in [0.1, 0.15) is 0 Å². The molecule has 0 bridgehead atoms. The molecule has 0 aliphatic heterocycles. The molecule has 84 valence electrons. The average molecular weight is 235 g/mol. The van der Waals surface area contributed by atoms with Crippen LogP contribution in [0.5, 0.6) is 0 Å². The van der Waals surface area contributed by atoms with Gasteiger partial charge in [-0.2, -0.15) is 0 Å². The zero-order chi connectivity index (χ0) is 11.0. The average Bonchev–Trinajstić information content (AvgIpc) is 1.93. The molecule has 1 fully saturated rings. The summed E-state index contributed by atoms with van der Waals surface area (Å²) in [5.74, 6) is 0.728. The molecule has 0 heterocycles. The van der Waals surface area contributed by atoms with Crippen LogP contribution in [0.15, 0.2) is 0 Å². The zero-order valence-corrected chi connectivity index (χ0v) is 11.8. The monoisotopic (exact) mass is 234 g/mol. The smallest absolute Gasteiger partial charge is 0.191 e. The number of rotatable bonds is 3. The highest BCUT2D eigenvalue weighted by Crippen LogP contribution is 2.39. The maximum absolute atomic E-state index is 6.13. The molecule has 0 aromatic carbocycles. The van der Waals surface area contributed by atoms with E-state index in [1.807, 2.05) is 0 Å². The van der Waals surface area contributed by atoms with E-state index in [0.717, 1.165) is 25.4 Å². The molecule has 1 aliphatic carbocycles. The molecular weight excluding hydrogens is 212 g/mol. The summed E-state index contributed by atoms with van der Waals surface area (Å²) in [5.41, 5.74) is 0. The van der Waals surface area contributed by atoms with E-state index in [-0.39, 0.29) is 0 Å². The first-order chi connectivity index (χ1) is 6.22. The largest absolute Gasteiger partial charge is 0.417 e. The Morgan fingerprint density at radius 2 is 1.79 bits per heavy atom. The minimum Gasteiger partial charge on any atom is -0.417 e. The van der Waals surface area contributed by atoms with Crippen molar-refractivity contribution < 1.29 is 4.43 Å². The second kappa shape index (κ2) is 4.15. The molecule has 0 radical (unpaired) electrons. The molecule has 1 nitrogen and oxygen atoms in total. The van der Waals surface area contributed by atoms with Crippen LogP contribution in [0.1, 0.15) is 33.6 Å². The minimum atomic E-state index is -1.52. The van der Waals surface area contributed by atoms with E-state index in [0.29, 0.717) is 10.4 Å². The number of hydrogen-bond donors (Lipinski definition) is 0. The summed E-state index contributed by atoms with van der Waals surface area (Å²) in [7, 11) is -1.52. The Kier molecular flexibility index (Phi) is 3.71. The van der Waals surface area contributed by atoms with E-state index in [1.54, 1.807) is 0 Å². The highest BCUT2D eigenvalue weighted by molar-refractivity contribution is 6.74. The van der Waals surface area contributed by atoms with Crippen LogP contribution in [0.25, 0.3) is 0 Å². The van der Waals surface area contributed by atoms with Gasteiger partial charge < -0.3 is 4.43 Å². The Bertz CT molecular complexity index is 192. The summed E-state index contributed by atoms with van der Waals surface area (Å²) in [6.07, 6.45) is 2.30.